The molecule has 2 rings (SSSR count). The first-order valence-corrected chi connectivity index (χ1v) is 7.83. The molecule has 1 aliphatic rings. The average Bonchev–Trinajstić information content (AvgIpc) is 2.34. The Morgan fingerprint density at radius 2 is 1.94 bits per heavy atom. The Kier molecular flexibility index (Phi) is 5.16. The molecule has 1 heterocycles. The first-order valence-electron chi connectivity index (χ1n) is 5.95. The normalized spacial score (nSPS) is 21.7. The van der Waals surface area contributed by atoms with Crippen molar-refractivity contribution in [1.29, 1.82) is 0 Å². The summed E-state index contributed by atoms with van der Waals surface area (Å²) < 4.78 is 0. The fraction of sp³-hybridized carbons (Fsp3) is 0.538. The van der Waals surface area contributed by atoms with E-state index in [9.17, 15) is 0 Å². The molecule has 0 saturated carbocycles. The van der Waals surface area contributed by atoms with Crippen LogP contribution in [0.2, 0.25) is 10.0 Å². The maximum Gasteiger partial charge on any atom is 0.0465 e. The van der Waals surface area contributed by atoms with Crippen LogP contribution >= 0.6 is 39.1 Å². The molecular formula is C13H16BrCl2N. The highest BCUT2D eigenvalue weighted by Gasteiger charge is 2.22. The molecule has 0 aromatic heterocycles. The second-order valence-electron chi connectivity index (χ2n) is 4.47. The first kappa shape index (κ1) is 13.7. The second-order valence-corrected chi connectivity index (χ2v) is 5.94. The Balaban J connectivity index is 2.13. The number of likely N-dealkylation sites (tertiary alicyclic amines) is 1. The van der Waals surface area contributed by atoms with Crippen LogP contribution in [-0.2, 0) is 6.54 Å². The highest BCUT2D eigenvalue weighted by molar-refractivity contribution is 9.09. The van der Waals surface area contributed by atoms with Crippen molar-refractivity contribution >= 4 is 39.1 Å². The number of benzene rings is 1. The summed E-state index contributed by atoms with van der Waals surface area (Å²) in [4.78, 5) is 2.48. The minimum Gasteiger partial charge on any atom is -0.295 e. The molecule has 17 heavy (non-hydrogen) atoms. The molecule has 0 bridgehead atoms. The van der Waals surface area contributed by atoms with E-state index in [4.69, 9.17) is 23.2 Å². The molecule has 1 fully saturated rings. The SMILES string of the molecule is Clc1cccc(Cl)c1CN1CCCCC1CBr. The van der Waals surface area contributed by atoms with Gasteiger partial charge in [0.05, 0.1) is 0 Å². The molecule has 0 N–H and O–H groups in total. The van der Waals surface area contributed by atoms with E-state index in [1.807, 2.05) is 18.2 Å². The van der Waals surface area contributed by atoms with E-state index in [1.165, 1.54) is 19.3 Å². The fourth-order valence-corrected chi connectivity index (χ4v) is 3.58. The van der Waals surface area contributed by atoms with E-state index in [-0.39, 0.29) is 0 Å². The van der Waals surface area contributed by atoms with Crippen LogP contribution < -0.4 is 0 Å². The zero-order valence-corrected chi connectivity index (χ0v) is 12.7. The molecule has 1 unspecified atom stereocenters. The van der Waals surface area contributed by atoms with E-state index < -0.39 is 0 Å². The summed E-state index contributed by atoms with van der Waals surface area (Å²) in [5.74, 6) is 0. The van der Waals surface area contributed by atoms with Gasteiger partial charge in [0, 0.05) is 33.5 Å². The highest BCUT2D eigenvalue weighted by atomic mass is 79.9. The van der Waals surface area contributed by atoms with Crippen LogP contribution in [0.4, 0.5) is 0 Å². The minimum atomic E-state index is 0.607. The van der Waals surface area contributed by atoms with Crippen LogP contribution in [0.15, 0.2) is 18.2 Å². The van der Waals surface area contributed by atoms with Crippen LogP contribution in [0.1, 0.15) is 24.8 Å². The van der Waals surface area contributed by atoms with E-state index in [2.05, 4.69) is 20.8 Å². The second kappa shape index (κ2) is 6.42. The fourth-order valence-electron chi connectivity index (χ4n) is 2.33. The first-order chi connectivity index (χ1) is 8.22. The minimum absolute atomic E-state index is 0.607. The number of nitrogens with zero attached hydrogens (tertiary/aromatic N) is 1. The van der Waals surface area contributed by atoms with Crippen LogP contribution in [0, 0.1) is 0 Å². The summed E-state index contributed by atoms with van der Waals surface area (Å²) in [5.41, 5.74) is 1.06. The van der Waals surface area contributed by atoms with Gasteiger partial charge in [0.1, 0.15) is 0 Å². The van der Waals surface area contributed by atoms with Gasteiger partial charge in [0.15, 0.2) is 0 Å². The molecule has 1 aromatic rings. The van der Waals surface area contributed by atoms with Crippen molar-refractivity contribution in [3.63, 3.8) is 0 Å². The van der Waals surface area contributed by atoms with Gasteiger partial charge >= 0.3 is 0 Å². The summed E-state index contributed by atoms with van der Waals surface area (Å²) in [7, 11) is 0. The van der Waals surface area contributed by atoms with Gasteiger partial charge in [-0.15, -0.1) is 0 Å². The number of hydrogen-bond donors (Lipinski definition) is 0. The Morgan fingerprint density at radius 3 is 2.59 bits per heavy atom. The summed E-state index contributed by atoms with van der Waals surface area (Å²) >= 11 is 16.0. The molecule has 0 aliphatic carbocycles. The number of alkyl halides is 1. The molecule has 4 heteroatoms. The topological polar surface area (TPSA) is 3.24 Å². The molecule has 1 saturated heterocycles. The Labute approximate surface area is 121 Å². The standard InChI is InChI=1S/C13H16BrCl2N/c14-8-10-4-1-2-7-17(10)9-11-12(15)5-3-6-13(11)16/h3,5-6,10H,1-2,4,7-9H2. The van der Waals surface area contributed by atoms with Crippen molar-refractivity contribution in [3.05, 3.63) is 33.8 Å². The monoisotopic (exact) mass is 335 g/mol. The Bertz CT molecular complexity index is 363. The van der Waals surface area contributed by atoms with Crippen LogP contribution in [0.3, 0.4) is 0 Å². The summed E-state index contributed by atoms with van der Waals surface area (Å²) in [5, 5.41) is 2.57. The maximum atomic E-state index is 6.22. The predicted octanol–water partition coefficient (Wildman–Crippen LogP) is 4.74. The molecular weight excluding hydrogens is 321 g/mol. The number of rotatable bonds is 3. The van der Waals surface area contributed by atoms with Gasteiger partial charge in [-0.05, 0) is 31.5 Å². The van der Waals surface area contributed by atoms with Gasteiger partial charge < -0.3 is 0 Å². The Morgan fingerprint density at radius 1 is 1.24 bits per heavy atom. The van der Waals surface area contributed by atoms with Crippen LogP contribution in [-0.4, -0.2) is 22.8 Å². The lowest BCUT2D eigenvalue weighted by Crippen LogP contribution is -2.40. The average molecular weight is 337 g/mol. The van der Waals surface area contributed by atoms with Gasteiger partial charge in [0.2, 0.25) is 0 Å². The van der Waals surface area contributed by atoms with E-state index in [0.717, 1.165) is 34.0 Å². The molecule has 0 spiro atoms. The summed E-state index contributed by atoms with van der Waals surface area (Å²) in [6, 6.07) is 6.33. The van der Waals surface area contributed by atoms with Gasteiger partial charge in [0.25, 0.3) is 0 Å². The molecule has 0 radical (unpaired) electrons. The third kappa shape index (κ3) is 3.37. The van der Waals surface area contributed by atoms with E-state index >= 15 is 0 Å². The molecule has 1 nitrogen and oxygen atoms in total. The number of hydrogen-bond acceptors (Lipinski definition) is 1. The quantitative estimate of drug-likeness (QED) is 0.720. The van der Waals surface area contributed by atoms with Crippen molar-refractivity contribution < 1.29 is 0 Å². The zero-order chi connectivity index (χ0) is 12.3. The third-order valence-electron chi connectivity index (χ3n) is 3.35. The van der Waals surface area contributed by atoms with Crippen LogP contribution in [0.25, 0.3) is 0 Å². The van der Waals surface area contributed by atoms with Crippen molar-refractivity contribution in [2.24, 2.45) is 0 Å². The highest BCUT2D eigenvalue weighted by Crippen LogP contribution is 2.28. The Hall–Kier alpha value is 0.240. The van der Waals surface area contributed by atoms with Crippen molar-refractivity contribution in [2.75, 3.05) is 11.9 Å². The van der Waals surface area contributed by atoms with Crippen molar-refractivity contribution in [3.8, 4) is 0 Å². The number of piperidine rings is 1. The smallest absolute Gasteiger partial charge is 0.0465 e. The van der Waals surface area contributed by atoms with Crippen molar-refractivity contribution in [2.45, 2.75) is 31.8 Å². The molecule has 1 aromatic carbocycles. The lowest BCUT2D eigenvalue weighted by molar-refractivity contribution is 0.157. The maximum absolute atomic E-state index is 6.22. The predicted molar refractivity (Wildman–Crippen MR) is 78.3 cm³/mol. The van der Waals surface area contributed by atoms with E-state index in [1.54, 1.807) is 0 Å². The van der Waals surface area contributed by atoms with Gasteiger partial charge in [-0.2, -0.15) is 0 Å². The lowest BCUT2D eigenvalue weighted by atomic mass is 10.0. The van der Waals surface area contributed by atoms with Crippen molar-refractivity contribution in [1.82, 2.24) is 4.90 Å². The largest absolute Gasteiger partial charge is 0.295 e. The van der Waals surface area contributed by atoms with Crippen LogP contribution in [0.5, 0.6) is 0 Å². The van der Waals surface area contributed by atoms with Gasteiger partial charge in [-0.25, -0.2) is 0 Å². The molecule has 0 amide bonds. The summed E-state index contributed by atoms with van der Waals surface area (Å²) in [6.45, 7) is 1.99. The summed E-state index contributed by atoms with van der Waals surface area (Å²) in [6.07, 6.45) is 3.85. The van der Waals surface area contributed by atoms with E-state index in [0.29, 0.717) is 6.04 Å². The molecule has 94 valence electrons. The van der Waals surface area contributed by atoms with Gasteiger partial charge in [-0.1, -0.05) is 51.6 Å². The molecule has 1 aliphatic heterocycles. The van der Waals surface area contributed by atoms with Gasteiger partial charge in [-0.3, -0.25) is 4.90 Å². The number of halogens is 3. The lowest BCUT2D eigenvalue weighted by Gasteiger charge is -2.35. The zero-order valence-electron chi connectivity index (χ0n) is 9.63. The molecule has 1 atom stereocenters. The third-order valence-corrected chi connectivity index (χ3v) is 4.81.